The lowest BCUT2D eigenvalue weighted by Gasteiger charge is -2.09. The lowest BCUT2D eigenvalue weighted by atomic mass is 10.2. The highest BCUT2D eigenvalue weighted by Crippen LogP contribution is 2.14. The Kier molecular flexibility index (Phi) is 7.22. The first kappa shape index (κ1) is 20.4. The summed E-state index contributed by atoms with van der Waals surface area (Å²) >= 11 is 0. The van der Waals surface area contributed by atoms with Gasteiger partial charge in [-0.25, -0.2) is 9.37 Å². The predicted octanol–water partition coefficient (Wildman–Crippen LogP) is 3.73. The molecule has 0 radical (unpaired) electrons. The van der Waals surface area contributed by atoms with Gasteiger partial charge in [-0.3, -0.25) is 4.79 Å². The van der Waals surface area contributed by atoms with Crippen molar-refractivity contribution in [3.63, 3.8) is 0 Å². The van der Waals surface area contributed by atoms with Crippen LogP contribution in [0.15, 0.2) is 60.9 Å². The lowest BCUT2D eigenvalue weighted by Crippen LogP contribution is -2.24. The zero-order valence-electron chi connectivity index (χ0n) is 16.3. The molecule has 2 aromatic carbocycles. The van der Waals surface area contributed by atoms with Gasteiger partial charge in [0.2, 0.25) is 0 Å². The van der Waals surface area contributed by atoms with Crippen molar-refractivity contribution in [2.45, 2.75) is 19.4 Å². The number of hydrogen-bond donors (Lipinski definition) is 1. The topological polar surface area (TPSA) is 65.4 Å². The summed E-state index contributed by atoms with van der Waals surface area (Å²) < 4.78 is 25.9. The van der Waals surface area contributed by atoms with E-state index in [1.54, 1.807) is 42.6 Å². The summed E-state index contributed by atoms with van der Waals surface area (Å²) in [5.41, 5.74) is 0.580. The molecule has 0 spiro atoms. The number of halogens is 1. The van der Waals surface area contributed by atoms with Crippen LogP contribution in [0.5, 0.6) is 11.5 Å². The largest absolute Gasteiger partial charge is 0.494 e. The number of carbonyl (C=O) groups is 1. The van der Waals surface area contributed by atoms with Gasteiger partial charge in [-0.15, -0.1) is 0 Å². The van der Waals surface area contributed by atoms with Gasteiger partial charge in [0, 0.05) is 31.5 Å². The van der Waals surface area contributed by atoms with Gasteiger partial charge in [0.15, 0.2) is 0 Å². The number of unbranched alkanes of at least 4 members (excludes halogenated alkanes) is 1. The number of amides is 1. The standard InChI is InChI=1S/C22H24FN3O3/c1-26-14-13-24-21(26)16-29-20-8-4-17(5-9-20)22(27)25-12-2-3-15-28-19-10-6-18(23)7-11-19/h4-11,13-14H,2-3,12,15-16H2,1H3,(H,25,27). The third kappa shape index (κ3) is 6.34. The fourth-order valence-corrected chi connectivity index (χ4v) is 2.64. The molecule has 1 heterocycles. The Morgan fingerprint density at radius 2 is 1.72 bits per heavy atom. The van der Waals surface area contributed by atoms with Crippen LogP contribution in [0.3, 0.4) is 0 Å². The van der Waals surface area contributed by atoms with Gasteiger partial charge < -0.3 is 19.4 Å². The molecule has 29 heavy (non-hydrogen) atoms. The Labute approximate surface area is 169 Å². The number of nitrogens with one attached hydrogen (secondary N) is 1. The molecule has 152 valence electrons. The number of nitrogens with zero attached hydrogens (tertiary/aromatic N) is 2. The highest BCUT2D eigenvalue weighted by atomic mass is 19.1. The van der Waals surface area contributed by atoms with Crippen molar-refractivity contribution in [3.05, 3.63) is 78.1 Å². The van der Waals surface area contributed by atoms with Crippen LogP contribution in [0.1, 0.15) is 29.0 Å². The second-order valence-corrected chi connectivity index (χ2v) is 6.53. The molecule has 0 aliphatic carbocycles. The SMILES string of the molecule is Cn1ccnc1COc1ccc(C(=O)NCCCCOc2ccc(F)cc2)cc1. The van der Waals surface area contributed by atoms with Gasteiger partial charge in [-0.1, -0.05) is 0 Å². The molecule has 0 unspecified atom stereocenters. The van der Waals surface area contributed by atoms with E-state index >= 15 is 0 Å². The molecule has 0 aliphatic rings. The monoisotopic (exact) mass is 397 g/mol. The number of ether oxygens (including phenoxy) is 2. The minimum atomic E-state index is -0.284. The zero-order chi connectivity index (χ0) is 20.5. The van der Waals surface area contributed by atoms with Crippen molar-refractivity contribution in [2.75, 3.05) is 13.2 Å². The lowest BCUT2D eigenvalue weighted by molar-refractivity contribution is 0.0952. The average Bonchev–Trinajstić information content (AvgIpc) is 3.15. The van der Waals surface area contributed by atoms with Crippen molar-refractivity contribution < 1.29 is 18.7 Å². The quantitative estimate of drug-likeness (QED) is 0.530. The van der Waals surface area contributed by atoms with Crippen LogP contribution in [-0.4, -0.2) is 28.6 Å². The van der Waals surface area contributed by atoms with Gasteiger partial charge in [0.1, 0.15) is 29.7 Å². The normalized spacial score (nSPS) is 10.6. The minimum Gasteiger partial charge on any atom is -0.494 e. The van der Waals surface area contributed by atoms with Gasteiger partial charge in [0.05, 0.1) is 6.61 Å². The number of aryl methyl sites for hydroxylation is 1. The summed E-state index contributed by atoms with van der Waals surface area (Å²) in [5, 5.41) is 2.89. The molecule has 7 heteroatoms. The second-order valence-electron chi connectivity index (χ2n) is 6.53. The van der Waals surface area contributed by atoms with E-state index in [4.69, 9.17) is 9.47 Å². The Bertz CT molecular complexity index is 908. The van der Waals surface area contributed by atoms with Gasteiger partial charge in [-0.05, 0) is 61.4 Å². The fraction of sp³-hybridized carbons (Fsp3) is 0.273. The van der Waals surface area contributed by atoms with Crippen LogP contribution in [0.2, 0.25) is 0 Å². The Hall–Kier alpha value is -3.35. The molecule has 3 rings (SSSR count). The van der Waals surface area contributed by atoms with Crippen LogP contribution in [0, 0.1) is 5.82 Å². The van der Waals surface area contributed by atoms with Crippen molar-refractivity contribution in [1.82, 2.24) is 14.9 Å². The molecular formula is C22H24FN3O3. The molecule has 0 saturated heterocycles. The Balaban J connectivity index is 1.32. The molecule has 1 amide bonds. The second kappa shape index (κ2) is 10.3. The predicted molar refractivity (Wildman–Crippen MR) is 107 cm³/mol. The first-order valence-corrected chi connectivity index (χ1v) is 9.47. The van der Waals surface area contributed by atoms with Gasteiger partial charge in [-0.2, -0.15) is 0 Å². The number of benzene rings is 2. The summed E-state index contributed by atoms with van der Waals surface area (Å²) in [4.78, 5) is 16.4. The number of hydrogen-bond acceptors (Lipinski definition) is 4. The van der Waals surface area contributed by atoms with E-state index < -0.39 is 0 Å². The van der Waals surface area contributed by atoms with Crippen LogP contribution < -0.4 is 14.8 Å². The number of aromatic nitrogens is 2. The molecule has 0 atom stereocenters. The van der Waals surface area contributed by atoms with Crippen LogP contribution in [0.4, 0.5) is 4.39 Å². The van der Waals surface area contributed by atoms with E-state index in [0.717, 1.165) is 18.7 Å². The van der Waals surface area contributed by atoms with E-state index in [9.17, 15) is 9.18 Å². The maximum atomic E-state index is 12.8. The molecule has 0 saturated carbocycles. The summed E-state index contributed by atoms with van der Waals surface area (Å²) in [6.45, 7) is 1.45. The van der Waals surface area contributed by atoms with E-state index in [1.807, 2.05) is 17.8 Å². The number of carbonyl (C=O) groups excluding carboxylic acids is 1. The highest BCUT2D eigenvalue weighted by Gasteiger charge is 2.06. The van der Waals surface area contributed by atoms with Gasteiger partial charge >= 0.3 is 0 Å². The van der Waals surface area contributed by atoms with Crippen molar-refractivity contribution in [1.29, 1.82) is 0 Å². The first-order chi connectivity index (χ1) is 14.1. The van der Waals surface area contributed by atoms with Crippen molar-refractivity contribution in [2.24, 2.45) is 7.05 Å². The molecule has 1 N–H and O–H groups in total. The zero-order valence-corrected chi connectivity index (χ0v) is 16.3. The Morgan fingerprint density at radius 3 is 2.41 bits per heavy atom. The van der Waals surface area contributed by atoms with Crippen LogP contribution >= 0.6 is 0 Å². The van der Waals surface area contributed by atoms with E-state index in [-0.39, 0.29) is 11.7 Å². The van der Waals surface area contributed by atoms with Crippen LogP contribution in [0.25, 0.3) is 0 Å². The molecular weight excluding hydrogens is 373 g/mol. The smallest absolute Gasteiger partial charge is 0.251 e. The fourth-order valence-electron chi connectivity index (χ4n) is 2.64. The number of imidazole rings is 1. The van der Waals surface area contributed by atoms with Crippen LogP contribution in [-0.2, 0) is 13.7 Å². The van der Waals surface area contributed by atoms with Crippen molar-refractivity contribution >= 4 is 5.91 Å². The maximum absolute atomic E-state index is 12.8. The summed E-state index contributed by atoms with van der Waals surface area (Å²) in [7, 11) is 1.91. The molecule has 0 fully saturated rings. The summed E-state index contributed by atoms with van der Waals surface area (Å²) in [6.07, 6.45) is 5.16. The molecule has 3 aromatic rings. The first-order valence-electron chi connectivity index (χ1n) is 9.47. The third-order valence-electron chi connectivity index (χ3n) is 4.34. The van der Waals surface area contributed by atoms with E-state index in [1.165, 1.54) is 12.1 Å². The average molecular weight is 397 g/mol. The highest BCUT2D eigenvalue weighted by molar-refractivity contribution is 5.94. The molecule has 6 nitrogen and oxygen atoms in total. The minimum absolute atomic E-state index is 0.125. The van der Waals surface area contributed by atoms with E-state index in [0.29, 0.717) is 36.8 Å². The summed E-state index contributed by atoms with van der Waals surface area (Å²) in [6, 6.07) is 12.9. The molecule has 0 bridgehead atoms. The molecule has 1 aromatic heterocycles. The van der Waals surface area contributed by atoms with E-state index in [2.05, 4.69) is 10.3 Å². The molecule has 0 aliphatic heterocycles. The van der Waals surface area contributed by atoms with Crippen molar-refractivity contribution in [3.8, 4) is 11.5 Å². The third-order valence-corrected chi connectivity index (χ3v) is 4.34. The van der Waals surface area contributed by atoms with Gasteiger partial charge in [0.25, 0.3) is 5.91 Å². The maximum Gasteiger partial charge on any atom is 0.251 e. The number of rotatable bonds is 10. The summed E-state index contributed by atoms with van der Waals surface area (Å²) in [5.74, 6) is 1.74. The Morgan fingerprint density at radius 1 is 1.03 bits per heavy atom.